The third-order valence-electron chi connectivity index (χ3n) is 3.47. The van der Waals surface area contributed by atoms with Gasteiger partial charge in [-0.3, -0.25) is 9.48 Å². The fourth-order valence-electron chi connectivity index (χ4n) is 2.01. The van der Waals surface area contributed by atoms with Crippen LogP contribution >= 0.6 is 0 Å². The molecule has 0 saturated carbocycles. The second kappa shape index (κ2) is 5.92. The lowest BCUT2D eigenvalue weighted by Crippen LogP contribution is -2.45. The fourth-order valence-corrected chi connectivity index (χ4v) is 3.75. The van der Waals surface area contributed by atoms with Gasteiger partial charge in [0.2, 0.25) is 10.0 Å². The largest absolute Gasteiger partial charge is 0.480 e. The monoisotopic (exact) mass is 303 g/mol. The summed E-state index contributed by atoms with van der Waals surface area (Å²) in [4.78, 5) is 11.3. The van der Waals surface area contributed by atoms with Gasteiger partial charge in [0.1, 0.15) is 10.9 Å². The van der Waals surface area contributed by atoms with E-state index in [0.717, 1.165) is 0 Å². The molecule has 7 nitrogen and oxygen atoms in total. The number of aryl methyl sites for hydroxylation is 2. The quantitative estimate of drug-likeness (QED) is 0.810. The molecule has 0 saturated heterocycles. The van der Waals surface area contributed by atoms with Gasteiger partial charge in [0.25, 0.3) is 0 Å². The molecule has 0 spiro atoms. The topological polar surface area (TPSA) is 101 Å². The number of rotatable bonds is 6. The van der Waals surface area contributed by atoms with E-state index < -0.39 is 22.0 Å². The second-order valence-corrected chi connectivity index (χ2v) is 6.60. The highest BCUT2D eigenvalue weighted by atomic mass is 32.2. The van der Waals surface area contributed by atoms with Crippen LogP contribution in [0.1, 0.15) is 31.7 Å². The van der Waals surface area contributed by atoms with Crippen molar-refractivity contribution in [1.29, 1.82) is 0 Å². The molecular formula is C12H21N3O4S. The number of nitrogens with one attached hydrogen (secondary N) is 1. The number of sulfonamides is 1. The Labute approximate surface area is 119 Å². The van der Waals surface area contributed by atoms with Gasteiger partial charge in [0, 0.05) is 7.05 Å². The van der Waals surface area contributed by atoms with Gasteiger partial charge in [-0.15, -0.1) is 0 Å². The van der Waals surface area contributed by atoms with E-state index in [0.29, 0.717) is 17.8 Å². The number of aromatic nitrogens is 2. The van der Waals surface area contributed by atoms with Crippen LogP contribution in [0.3, 0.4) is 0 Å². The van der Waals surface area contributed by atoms with Crippen LogP contribution in [0.2, 0.25) is 0 Å². The van der Waals surface area contributed by atoms with Crippen molar-refractivity contribution in [2.75, 3.05) is 0 Å². The predicted octanol–water partition coefficient (Wildman–Crippen LogP) is 0.815. The van der Waals surface area contributed by atoms with Crippen LogP contribution in [-0.2, 0) is 21.9 Å². The molecule has 20 heavy (non-hydrogen) atoms. The van der Waals surface area contributed by atoms with Gasteiger partial charge < -0.3 is 5.11 Å². The zero-order valence-electron chi connectivity index (χ0n) is 12.3. The summed E-state index contributed by atoms with van der Waals surface area (Å²) in [5, 5.41) is 13.2. The Kier molecular flexibility index (Phi) is 4.93. The second-order valence-electron chi connectivity index (χ2n) is 4.95. The minimum atomic E-state index is -3.91. The Morgan fingerprint density at radius 2 is 2.00 bits per heavy atom. The van der Waals surface area contributed by atoms with Crippen LogP contribution in [0.5, 0.6) is 0 Å². The van der Waals surface area contributed by atoms with Gasteiger partial charge >= 0.3 is 5.97 Å². The number of aliphatic carboxylic acids is 1. The van der Waals surface area contributed by atoms with Crippen molar-refractivity contribution in [2.24, 2.45) is 13.0 Å². The number of carboxylic acid groups (broad SMARTS) is 1. The van der Waals surface area contributed by atoms with E-state index in [2.05, 4.69) is 9.82 Å². The van der Waals surface area contributed by atoms with Crippen molar-refractivity contribution in [3.8, 4) is 0 Å². The molecule has 0 bridgehead atoms. The van der Waals surface area contributed by atoms with Gasteiger partial charge in [-0.1, -0.05) is 20.3 Å². The van der Waals surface area contributed by atoms with Crippen LogP contribution in [0.25, 0.3) is 0 Å². The molecule has 0 aromatic carbocycles. The van der Waals surface area contributed by atoms with E-state index in [9.17, 15) is 18.3 Å². The zero-order valence-corrected chi connectivity index (χ0v) is 13.2. The Balaban J connectivity index is 3.20. The maximum Gasteiger partial charge on any atom is 0.322 e. The Hall–Kier alpha value is -1.41. The molecule has 0 amide bonds. The van der Waals surface area contributed by atoms with E-state index in [1.807, 2.05) is 6.92 Å². The van der Waals surface area contributed by atoms with Crippen molar-refractivity contribution in [3.05, 3.63) is 11.4 Å². The number of carbonyl (C=O) groups is 1. The Bertz CT molecular complexity index is 606. The first-order valence-corrected chi connectivity index (χ1v) is 7.85. The minimum Gasteiger partial charge on any atom is -0.480 e. The van der Waals surface area contributed by atoms with Crippen molar-refractivity contribution in [1.82, 2.24) is 14.5 Å². The van der Waals surface area contributed by atoms with E-state index in [-0.39, 0.29) is 10.8 Å². The average Bonchev–Trinajstić information content (AvgIpc) is 2.59. The Morgan fingerprint density at radius 1 is 1.45 bits per heavy atom. The van der Waals surface area contributed by atoms with Crippen molar-refractivity contribution < 1.29 is 18.3 Å². The van der Waals surface area contributed by atoms with Gasteiger partial charge in [0.05, 0.1) is 11.4 Å². The lowest BCUT2D eigenvalue weighted by molar-refractivity contribution is -0.140. The highest BCUT2D eigenvalue weighted by molar-refractivity contribution is 7.89. The fraction of sp³-hybridized carbons (Fsp3) is 0.667. The summed E-state index contributed by atoms with van der Waals surface area (Å²) in [6, 6.07) is -1.15. The molecule has 0 aliphatic heterocycles. The highest BCUT2D eigenvalue weighted by Gasteiger charge is 2.32. The van der Waals surface area contributed by atoms with E-state index in [1.54, 1.807) is 27.8 Å². The van der Waals surface area contributed by atoms with Crippen LogP contribution in [0, 0.1) is 19.8 Å². The van der Waals surface area contributed by atoms with Crippen LogP contribution < -0.4 is 4.72 Å². The number of hydrogen-bond donors (Lipinski definition) is 2. The highest BCUT2D eigenvalue weighted by Crippen LogP contribution is 2.20. The first kappa shape index (κ1) is 16.6. The summed E-state index contributed by atoms with van der Waals surface area (Å²) >= 11 is 0. The van der Waals surface area contributed by atoms with Gasteiger partial charge in [-0.2, -0.15) is 9.82 Å². The first-order chi connectivity index (χ1) is 9.11. The molecule has 8 heteroatoms. The molecule has 1 rings (SSSR count). The Morgan fingerprint density at radius 3 is 2.35 bits per heavy atom. The van der Waals surface area contributed by atoms with Crippen molar-refractivity contribution in [2.45, 2.75) is 45.1 Å². The van der Waals surface area contributed by atoms with Crippen molar-refractivity contribution in [3.63, 3.8) is 0 Å². The maximum atomic E-state index is 12.4. The van der Waals surface area contributed by atoms with Crippen molar-refractivity contribution >= 4 is 16.0 Å². The van der Waals surface area contributed by atoms with Gasteiger partial charge in [0.15, 0.2) is 0 Å². The molecule has 0 aliphatic rings. The molecule has 1 aromatic rings. The molecular weight excluding hydrogens is 282 g/mol. The minimum absolute atomic E-state index is 0.0505. The molecule has 2 atom stereocenters. The van der Waals surface area contributed by atoms with E-state index >= 15 is 0 Å². The number of nitrogens with zero attached hydrogens (tertiary/aromatic N) is 2. The summed E-state index contributed by atoms with van der Waals surface area (Å²) in [5.74, 6) is -1.48. The summed E-state index contributed by atoms with van der Waals surface area (Å²) in [5.41, 5.74) is 0.828. The smallest absolute Gasteiger partial charge is 0.322 e. The van der Waals surface area contributed by atoms with Gasteiger partial charge in [-0.05, 0) is 19.8 Å². The normalized spacial score (nSPS) is 15.1. The average molecular weight is 303 g/mol. The summed E-state index contributed by atoms with van der Waals surface area (Å²) < 4.78 is 28.5. The molecule has 2 N–H and O–H groups in total. The molecule has 0 aliphatic carbocycles. The van der Waals surface area contributed by atoms with E-state index in [1.165, 1.54) is 4.68 Å². The predicted molar refractivity (Wildman–Crippen MR) is 73.9 cm³/mol. The number of carboxylic acids is 1. The molecule has 0 fully saturated rings. The van der Waals surface area contributed by atoms with Crippen LogP contribution in [0.15, 0.2) is 4.90 Å². The van der Waals surface area contributed by atoms with E-state index in [4.69, 9.17) is 0 Å². The summed E-state index contributed by atoms with van der Waals surface area (Å²) in [6.45, 7) is 6.73. The molecule has 1 heterocycles. The molecule has 0 unspecified atom stereocenters. The first-order valence-electron chi connectivity index (χ1n) is 6.37. The van der Waals surface area contributed by atoms with Crippen LogP contribution in [-0.4, -0.2) is 35.3 Å². The lowest BCUT2D eigenvalue weighted by atomic mass is 10.0. The SMILES string of the molecule is CC[C@H](C)[C@H](NS(=O)(=O)c1c(C)nn(C)c1C)C(=O)O. The van der Waals surface area contributed by atoms with Gasteiger partial charge in [-0.25, -0.2) is 8.42 Å². The third kappa shape index (κ3) is 3.18. The third-order valence-corrected chi connectivity index (χ3v) is 5.17. The molecule has 1 aromatic heterocycles. The maximum absolute atomic E-state index is 12.4. The molecule has 114 valence electrons. The lowest BCUT2D eigenvalue weighted by Gasteiger charge is -2.20. The standard InChI is InChI=1S/C12H21N3O4S/c1-6-7(2)10(12(16)17)14-20(18,19)11-8(3)13-15(5)9(11)4/h7,10,14H,6H2,1-5H3,(H,16,17)/t7-,10-/m0/s1. The summed E-state index contributed by atoms with van der Waals surface area (Å²) in [7, 11) is -2.27. The number of hydrogen-bond acceptors (Lipinski definition) is 4. The molecule has 0 radical (unpaired) electrons. The summed E-state index contributed by atoms with van der Waals surface area (Å²) in [6.07, 6.45) is 0.560. The zero-order chi connectivity index (χ0) is 15.7. The van der Waals surface area contributed by atoms with Crippen LogP contribution in [0.4, 0.5) is 0 Å².